The number of hydrogen-bond donors (Lipinski definition) is 1. The van der Waals surface area contributed by atoms with Crippen LogP contribution in [-0.4, -0.2) is 55.8 Å². The van der Waals surface area contributed by atoms with E-state index in [9.17, 15) is 18.0 Å². The van der Waals surface area contributed by atoms with Crippen LogP contribution in [0.5, 0.6) is 11.5 Å². The first-order chi connectivity index (χ1) is 17.3. The first kappa shape index (κ1) is 28.6. The Morgan fingerprint density at radius 2 is 1.70 bits per heavy atom. The zero-order valence-corrected chi connectivity index (χ0v) is 23.4. The number of fused-ring (bicyclic) bond motifs is 1. The van der Waals surface area contributed by atoms with Crippen LogP contribution in [0, 0.1) is 0 Å². The number of ether oxygens (including phenoxy) is 2. The molecule has 37 heavy (non-hydrogen) atoms. The smallest absolute Gasteiger partial charge is 0.244 e. The molecule has 1 aliphatic rings. The van der Waals surface area contributed by atoms with Crippen molar-refractivity contribution in [1.82, 2.24) is 10.2 Å². The first-order valence-electron chi connectivity index (χ1n) is 12.1. The molecule has 1 N–H and O–H groups in total. The summed E-state index contributed by atoms with van der Waals surface area (Å²) < 4.78 is 38.0. The van der Waals surface area contributed by atoms with Crippen LogP contribution in [-0.2, 0) is 26.2 Å². The maximum absolute atomic E-state index is 13.8. The predicted octanol–water partition coefficient (Wildman–Crippen LogP) is 3.95. The van der Waals surface area contributed by atoms with Crippen LogP contribution in [0.25, 0.3) is 0 Å². The molecule has 1 unspecified atom stereocenters. The Morgan fingerprint density at radius 3 is 2.30 bits per heavy atom. The second-order valence-corrected chi connectivity index (χ2v) is 12.4. The van der Waals surface area contributed by atoms with Crippen molar-refractivity contribution in [2.24, 2.45) is 0 Å². The second kappa shape index (κ2) is 11.6. The van der Waals surface area contributed by atoms with Gasteiger partial charge in [0.25, 0.3) is 0 Å². The van der Waals surface area contributed by atoms with E-state index in [0.717, 1.165) is 9.87 Å². The zero-order chi connectivity index (χ0) is 27.4. The Balaban J connectivity index is 1.98. The van der Waals surface area contributed by atoms with Crippen molar-refractivity contribution < 1.29 is 27.5 Å². The number of nitrogens with one attached hydrogen (secondary N) is 1. The fraction of sp³-hybridized carbons (Fsp3) is 0.462. The van der Waals surface area contributed by atoms with Crippen LogP contribution in [0.2, 0.25) is 5.02 Å². The highest BCUT2D eigenvalue weighted by Crippen LogP contribution is 2.36. The van der Waals surface area contributed by atoms with Gasteiger partial charge in [-0.2, -0.15) is 0 Å². The predicted molar refractivity (Wildman–Crippen MR) is 143 cm³/mol. The van der Waals surface area contributed by atoms with Gasteiger partial charge in [0, 0.05) is 23.2 Å². The summed E-state index contributed by atoms with van der Waals surface area (Å²) >= 11 is 6.03. The minimum absolute atomic E-state index is 0.0359. The van der Waals surface area contributed by atoms with Crippen LogP contribution in [0.1, 0.15) is 46.6 Å². The number of nitrogens with zero attached hydrogens (tertiary/aromatic N) is 2. The Kier molecular flexibility index (Phi) is 8.96. The number of hydrogen-bond acceptors (Lipinski definition) is 6. The van der Waals surface area contributed by atoms with E-state index in [1.807, 2.05) is 27.7 Å². The quantitative estimate of drug-likeness (QED) is 0.479. The molecule has 0 aromatic heterocycles. The van der Waals surface area contributed by atoms with Gasteiger partial charge in [0.15, 0.2) is 11.5 Å². The molecule has 2 aromatic rings. The largest absolute Gasteiger partial charge is 0.454 e. The Bertz CT molecular complexity index is 1230. The monoisotopic (exact) mass is 551 g/mol. The third-order valence-electron chi connectivity index (χ3n) is 5.77. The molecule has 0 saturated carbocycles. The lowest BCUT2D eigenvalue weighted by atomic mass is 10.1. The molecule has 202 valence electrons. The van der Waals surface area contributed by atoms with E-state index in [4.69, 9.17) is 21.1 Å². The van der Waals surface area contributed by atoms with Crippen molar-refractivity contribution in [1.29, 1.82) is 0 Å². The summed E-state index contributed by atoms with van der Waals surface area (Å²) in [6.07, 6.45) is 0.339. The lowest BCUT2D eigenvalue weighted by molar-refractivity contribution is -0.141. The molecule has 11 heteroatoms. The van der Waals surface area contributed by atoms with Gasteiger partial charge in [0.05, 0.1) is 11.4 Å². The number of amides is 2. The molecule has 2 aromatic carbocycles. The molecule has 9 nitrogen and oxygen atoms in total. The molecule has 0 aliphatic carbocycles. The van der Waals surface area contributed by atoms with Gasteiger partial charge in [0.1, 0.15) is 12.6 Å². The van der Waals surface area contributed by atoms with Crippen molar-refractivity contribution in [3.63, 3.8) is 0 Å². The maximum atomic E-state index is 13.8. The SMILES string of the molecule is CCC(C(=O)NC(C)(C)C)N(Cc1ccc(Cl)cc1)C(=O)CN(c1ccc2c(c1)OCO2)S(=O)(=O)CC. The van der Waals surface area contributed by atoms with E-state index in [1.54, 1.807) is 36.4 Å². The van der Waals surface area contributed by atoms with Gasteiger partial charge in [-0.25, -0.2) is 8.42 Å². The highest BCUT2D eigenvalue weighted by Gasteiger charge is 2.34. The minimum atomic E-state index is -3.85. The fourth-order valence-electron chi connectivity index (χ4n) is 3.92. The van der Waals surface area contributed by atoms with Crippen molar-refractivity contribution >= 4 is 39.1 Å². The van der Waals surface area contributed by atoms with Gasteiger partial charge >= 0.3 is 0 Å². The summed E-state index contributed by atoms with van der Waals surface area (Å²) in [5, 5.41) is 3.48. The molecule has 0 fully saturated rings. The molecule has 3 rings (SSSR count). The van der Waals surface area contributed by atoms with E-state index in [1.165, 1.54) is 17.9 Å². The Morgan fingerprint density at radius 1 is 1.05 bits per heavy atom. The third kappa shape index (κ3) is 7.29. The van der Waals surface area contributed by atoms with E-state index in [2.05, 4.69) is 5.32 Å². The second-order valence-electron chi connectivity index (χ2n) is 9.76. The number of rotatable bonds is 10. The molecule has 0 spiro atoms. The standard InChI is InChI=1S/C26H34ClN3O6S/c1-6-21(25(32)28-26(3,4)5)29(15-18-8-10-19(27)11-9-18)24(31)16-30(37(33,34)7-2)20-12-13-22-23(14-20)36-17-35-22/h8-14,21H,6-7,15-17H2,1-5H3,(H,28,32). The molecule has 1 atom stereocenters. The fourth-order valence-corrected chi connectivity index (χ4v) is 5.10. The molecule has 0 saturated heterocycles. The van der Waals surface area contributed by atoms with Crippen LogP contribution >= 0.6 is 11.6 Å². The molecule has 2 amide bonds. The summed E-state index contributed by atoms with van der Waals surface area (Å²) in [6, 6.07) is 10.9. The lowest BCUT2D eigenvalue weighted by Crippen LogP contribution is -2.55. The van der Waals surface area contributed by atoms with Gasteiger partial charge < -0.3 is 19.7 Å². The molecule has 1 heterocycles. The summed E-state index contributed by atoms with van der Waals surface area (Å²) in [6.45, 7) is 8.56. The van der Waals surface area contributed by atoms with Crippen LogP contribution in [0.4, 0.5) is 5.69 Å². The molecular weight excluding hydrogens is 518 g/mol. The van der Waals surface area contributed by atoms with E-state index >= 15 is 0 Å². The number of anilines is 1. The van der Waals surface area contributed by atoms with Gasteiger partial charge in [-0.3, -0.25) is 13.9 Å². The maximum Gasteiger partial charge on any atom is 0.244 e. The number of halogens is 1. The summed E-state index contributed by atoms with van der Waals surface area (Å²) in [5.41, 5.74) is 0.523. The van der Waals surface area contributed by atoms with Gasteiger partial charge in [-0.05, 0) is 63.9 Å². The Hall–Kier alpha value is -2.98. The minimum Gasteiger partial charge on any atom is -0.454 e. The van der Waals surface area contributed by atoms with Crippen LogP contribution in [0.15, 0.2) is 42.5 Å². The zero-order valence-electron chi connectivity index (χ0n) is 21.8. The van der Waals surface area contributed by atoms with Crippen LogP contribution in [0.3, 0.4) is 0 Å². The average molecular weight is 552 g/mol. The van der Waals surface area contributed by atoms with Gasteiger partial charge in [-0.15, -0.1) is 0 Å². The van der Waals surface area contributed by atoms with E-state index in [-0.39, 0.29) is 30.7 Å². The first-order valence-corrected chi connectivity index (χ1v) is 14.1. The van der Waals surface area contributed by atoms with Crippen molar-refractivity contribution in [2.45, 2.75) is 59.2 Å². The third-order valence-corrected chi connectivity index (χ3v) is 7.77. The van der Waals surface area contributed by atoms with E-state index < -0.39 is 34.1 Å². The summed E-state index contributed by atoms with van der Waals surface area (Å²) in [4.78, 5) is 28.5. The summed E-state index contributed by atoms with van der Waals surface area (Å²) in [7, 11) is -3.85. The Labute approximate surface area is 223 Å². The lowest BCUT2D eigenvalue weighted by Gasteiger charge is -2.34. The topological polar surface area (TPSA) is 105 Å². The average Bonchev–Trinajstić information content (AvgIpc) is 3.30. The number of carbonyl (C=O) groups excluding carboxylic acids is 2. The van der Waals surface area contributed by atoms with E-state index in [0.29, 0.717) is 22.9 Å². The molecule has 0 radical (unpaired) electrons. The molecular formula is C26H34ClN3O6S. The summed E-state index contributed by atoms with van der Waals surface area (Å²) in [5.74, 6) is -0.146. The molecule has 0 bridgehead atoms. The highest BCUT2D eigenvalue weighted by molar-refractivity contribution is 7.92. The van der Waals surface area contributed by atoms with Crippen molar-refractivity contribution in [2.75, 3.05) is 23.4 Å². The van der Waals surface area contributed by atoms with Crippen LogP contribution < -0.4 is 19.1 Å². The van der Waals surface area contributed by atoms with Crippen molar-refractivity contribution in [3.05, 3.63) is 53.1 Å². The normalized spacial score (nSPS) is 13.7. The van der Waals surface area contributed by atoms with Gasteiger partial charge in [0.2, 0.25) is 28.6 Å². The number of sulfonamides is 1. The number of benzene rings is 2. The van der Waals surface area contributed by atoms with Crippen molar-refractivity contribution in [3.8, 4) is 11.5 Å². The highest BCUT2D eigenvalue weighted by atomic mass is 35.5. The number of carbonyl (C=O) groups is 2. The molecule has 1 aliphatic heterocycles. The van der Waals surface area contributed by atoms with Gasteiger partial charge in [-0.1, -0.05) is 30.7 Å².